The normalized spacial score (nSPS) is 14.5. The molecule has 5 rings (SSSR count). The standard InChI is InChI=1S/C24H24N4O4S2/c1-32-21-11-8-17(14-22(21)34(30,31)27-19-4-2-3-5-19)23(29)25-18-9-6-16(7-10-18)20-15-28-12-13-33-24(28)26-20/h6-15,19,27H,2-5H2,1H3,(H,25,29). The number of carbonyl (C=O) groups is 1. The van der Waals surface area contributed by atoms with Crippen LogP contribution in [0.2, 0.25) is 0 Å². The Morgan fingerprint density at radius 1 is 1.15 bits per heavy atom. The number of ether oxygens (including phenoxy) is 1. The maximum atomic E-state index is 13.0. The summed E-state index contributed by atoms with van der Waals surface area (Å²) in [6.45, 7) is 0. The van der Waals surface area contributed by atoms with E-state index in [1.807, 2.05) is 34.3 Å². The lowest BCUT2D eigenvalue weighted by Crippen LogP contribution is -2.33. The first-order valence-corrected chi connectivity index (χ1v) is 13.3. The second kappa shape index (κ2) is 9.21. The van der Waals surface area contributed by atoms with Crippen LogP contribution in [0.15, 0.2) is 65.1 Å². The Labute approximate surface area is 201 Å². The topological polar surface area (TPSA) is 102 Å². The molecule has 10 heteroatoms. The van der Waals surface area contributed by atoms with Crippen LogP contribution in [-0.2, 0) is 10.0 Å². The Balaban J connectivity index is 1.34. The third-order valence-corrected chi connectivity index (χ3v) is 8.24. The summed E-state index contributed by atoms with van der Waals surface area (Å²) >= 11 is 1.56. The molecule has 34 heavy (non-hydrogen) atoms. The highest BCUT2D eigenvalue weighted by atomic mass is 32.2. The number of rotatable bonds is 7. The minimum atomic E-state index is -3.82. The van der Waals surface area contributed by atoms with Crippen LogP contribution in [0.1, 0.15) is 36.0 Å². The lowest BCUT2D eigenvalue weighted by Gasteiger charge is -2.16. The van der Waals surface area contributed by atoms with Crippen molar-refractivity contribution in [3.8, 4) is 17.0 Å². The van der Waals surface area contributed by atoms with Gasteiger partial charge in [-0.25, -0.2) is 18.1 Å². The van der Waals surface area contributed by atoms with Gasteiger partial charge in [-0.2, -0.15) is 0 Å². The summed E-state index contributed by atoms with van der Waals surface area (Å²) in [5.74, 6) is -0.207. The number of thiazole rings is 1. The van der Waals surface area contributed by atoms with Gasteiger partial charge >= 0.3 is 0 Å². The van der Waals surface area contributed by atoms with Gasteiger partial charge in [0.2, 0.25) is 10.0 Å². The van der Waals surface area contributed by atoms with E-state index in [1.165, 1.54) is 19.2 Å². The minimum Gasteiger partial charge on any atom is -0.495 e. The second-order valence-corrected chi connectivity index (χ2v) is 10.8. The quantitative estimate of drug-likeness (QED) is 0.391. The molecular formula is C24H24N4O4S2. The largest absolute Gasteiger partial charge is 0.495 e. The lowest BCUT2D eigenvalue weighted by atomic mass is 10.1. The number of benzene rings is 2. The summed E-state index contributed by atoms with van der Waals surface area (Å²) in [5.41, 5.74) is 2.61. The van der Waals surface area contributed by atoms with Gasteiger partial charge in [0.25, 0.3) is 5.91 Å². The molecule has 0 bridgehead atoms. The molecule has 0 unspecified atom stereocenters. The van der Waals surface area contributed by atoms with Gasteiger partial charge < -0.3 is 10.1 Å². The minimum absolute atomic E-state index is 0.0374. The summed E-state index contributed by atoms with van der Waals surface area (Å²) in [6, 6.07) is 11.7. The van der Waals surface area contributed by atoms with Crippen LogP contribution in [0.3, 0.4) is 0 Å². The van der Waals surface area contributed by atoms with E-state index in [9.17, 15) is 13.2 Å². The van der Waals surface area contributed by atoms with Crippen LogP contribution in [0.4, 0.5) is 5.69 Å². The Kier molecular flexibility index (Phi) is 6.11. The highest BCUT2D eigenvalue weighted by Crippen LogP contribution is 2.28. The molecule has 1 aliphatic rings. The first-order chi connectivity index (χ1) is 16.4. The predicted molar refractivity (Wildman–Crippen MR) is 132 cm³/mol. The number of amides is 1. The van der Waals surface area contributed by atoms with Crippen molar-refractivity contribution in [3.63, 3.8) is 0 Å². The van der Waals surface area contributed by atoms with E-state index >= 15 is 0 Å². The summed E-state index contributed by atoms with van der Waals surface area (Å²) in [7, 11) is -2.41. The number of nitrogens with zero attached hydrogens (tertiary/aromatic N) is 2. The van der Waals surface area contributed by atoms with Crippen molar-refractivity contribution in [1.29, 1.82) is 0 Å². The number of imidazole rings is 1. The van der Waals surface area contributed by atoms with Crippen LogP contribution in [0.5, 0.6) is 5.75 Å². The van der Waals surface area contributed by atoms with Crippen LogP contribution < -0.4 is 14.8 Å². The fourth-order valence-electron chi connectivity index (χ4n) is 4.15. The molecule has 2 heterocycles. The molecule has 1 saturated carbocycles. The molecular weight excluding hydrogens is 472 g/mol. The van der Waals surface area contributed by atoms with E-state index in [2.05, 4.69) is 15.0 Å². The van der Waals surface area contributed by atoms with E-state index in [0.717, 1.165) is 41.9 Å². The van der Waals surface area contributed by atoms with Crippen LogP contribution in [0, 0.1) is 0 Å². The fourth-order valence-corrected chi connectivity index (χ4v) is 6.35. The van der Waals surface area contributed by atoms with Crippen LogP contribution in [-0.4, -0.2) is 36.9 Å². The number of anilines is 1. The molecule has 0 saturated heterocycles. The number of hydrogen-bond donors (Lipinski definition) is 2. The monoisotopic (exact) mass is 496 g/mol. The number of carbonyl (C=O) groups excluding carboxylic acids is 1. The molecule has 0 radical (unpaired) electrons. The van der Waals surface area contributed by atoms with Gasteiger partial charge in [-0.05, 0) is 43.2 Å². The molecule has 8 nitrogen and oxygen atoms in total. The Hall–Kier alpha value is -3.21. The van der Waals surface area contributed by atoms with Gasteiger partial charge in [-0.3, -0.25) is 9.20 Å². The van der Waals surface area contributed by atoms with Gasteiger partial charge in [0.05, 0.1) is 12.8 Å². The summed E-state index contributed by atoms with van der Waals surface area (Å²) in [4.78, 5) is 18.4. The van der Waals surface area contributed by atoms with Gasteiger partial charge in [0, 0.05) is 40.6 Å². The Bertz CT molecular complexity index is 1410. The van der Waals surface area contributed by atoms with Crippen molar-refractivity contribution in [1.82, 2.24) is 14.1 Å². The first kappa shape index (κ1) is 22.6. The highest BCUT2D eigenvalue weighted by Gasteiger charge is 2.26. The van der Waals surface area contributed by atoms with Crippen molar-refractivity contribution in [2.24, 2.45) is 0 Å². The summed E-state index contributed by atoms with van der Waals surface area (Å²) in [6.07, 6.45) is 7.55. The molecule has 2 aromatic heterocycles. The lowest BCUT2D eigenvalue weighted by molar-refractivity contribution is 0.102. The van der Waals surface area contributed by atoms with Gasteiger partial charge in [0.15, 0.2) is 4.96 Å². The molecule has 1 amide bonds. The van der Waals surface area contributed by atoms with Crippen molar-refractivity contribution >= 4 is 37.9 Å². The molecule has 2 N–H and O–H groups in total. The molecule has 176 valence electrons. The number of nitrogens with one attached hydrogen (secondary N) is 2. The van der Waals surface area contributed by atoms with Crippen molar-refractivity contribution in [3.05, 3.63) is 65.8 Å². The van der Waals surface area contributed by atoms with Crippen molar-refractivity contribution in [2.45, 2.75) is 36.6 Å². The zero-order chi connectivity index (χ0) is 23.7. The van der Waals surface area contributed by atoms with Crippen LogP contribution in [0.25, 0.3) is 16.2 Å². The summed E-state index contributed by atoms with van der Waals surface area (Å²) in [5, 5.41) is 4.81. The summed E-state index contributed by atoms with van der Waals surface area (Å²) < 4.78 is 35.9. The van der Waals surface area contributed by atoms with Gasteiger partial charge in [-0.15, -0.1) is 11.3 Å². The van der Waals surface area contributed by atoms with Crippen LogP contribution >= 0.6 is 11.3 Å². The zero-order valence-electron chi connectivity index (χ0n) is 18.5. The Morgan fingerprint density at radius 2 is 1.91 bits per heavy atom. The van der Waals surface area contributed by atoms with Gasteiger partial charge in [0.1, 0.15) is 10.6 Å². The number of fused-ring (bicyclic) bond motifs is 1. The molecule has 1 fully saturated rings. The third kappa shape index (κ3) is 4.56. The molecule has 1 aliphatic carbocycles. The molecule has 2 aromatic carbocycles. The maximum absolute atomic E-state index is 13.0. The molecule has 0 atom stereocenters. The maximum Gasteiger partial charge on any atom is 0.255 e. The van der Waals surface area contributed by atoms with E-state index in [4.69, 9.17) is 4.74 Å². The third-order valence-electron chi connectivity index (χ3n) is 5.92. The van der Waals surface area contributed by atoms with Crippen molar-refractivity contribution < 1.29 is 17.9 Å². The number of sulfonamides is 1. The molecule has 0 spiro atoms. The number of aromatic nitrogens is 2. The second-order valence-electron chi connectivity index (χ2n) is 8.22. The molecule has 4 aromatic rings. The van der Waals surface area contributed by atoms with E-state index in [1.54, 1.807) is 29.5 Å². The van der Waals surface area contributed by atoms with Crippen molar-refractivity contribution in [2.75, 3.05) is 12.4 Å². The highest BCUT2D eigenvalue weighted by molar-refractivity contribution is 7.89. The smallest absolute Gasteiger partial charge is 0.255 e. The SMILES string of the molecule is COc1ccc(C(=O)Nc2ccc(-c3cn4ccsc4n3)cc2)cc1S(=O)(=O)NC1CCCC1. The fraction of sp³-hybridized carbons (Fsp3) is 0.250. The van der Waals surface area contributed by atoms with Gasteiger partial charge in [-0.1, -0.05) is 25.0 Å². The van der Waals surface area contributed by atoms with E-state index < -0.39 is 15.9 Å². The zero-order valence-corrected chi connectivity index (χ0v) is 20.2. The predicted octanol–water partition coefficient (Wildman–Crippen LogP) is 4.54. The number of methoxy groups -OCH3 is 1. The van der Waals surface area contributed by atoms with E-state index in [-0.39, 0.29) is 22.3 Å². The average Bonchev–Trinajstić information content (AvgIpc) is 3.57. The Morgan fingerprint density at radius 3 is 2.62 bits per heavy atom. The molecule has 0 aliphatic heterocycles. The average molecular weight is 497 g/mol. The number of hydrogen-bond acceptors (Lipinski definition) is 6. The van der Waals surface area contributed by atoms with E-state index in [0.29, 0.717) is 5.69 Å². The first-order valence-electron chi connectivity index (χ1n) is 11.0.